The molecule has 0 bridgehead atoms. The average Bonchev–Trinajstić information content (AvgIpc) is 2.57. The van der Waals surface area contributed by atoms with Gasteiger partial charge >= 0.3 is 0 Å². The number of benzene rings is 1. The van der Waals surface area contributed by atoms with Gasteiger partial charge in [-0.25, -0.2) is 4.39 Å². The standard InChI is InChI=1S/C17H20ClFN2O3/c1-12-17(24)20(7-2-10-22)8-9-21(12)16(23)6-4-13-3-5-15(19)14(18)11-13/h3-6,11-12,22H,2,7-10H2,1H3. The van der Waals surface area contributed by atoms with E-state index in [4.69, 9.17) is 16.7 Å². The third kappa shape index (κ3) is 4.33. The minimum Gasteiger partial charge on any atom is -0.396 e. The molecular weight excluding hydrogens is 335 g/mol. The predicted molar refractivity (Wildman–Crippen MR) is 89.9 cm³/mol. The summed E-state index contributed by atoms with van der Waals surface area (Å²) in [4.78, 5) is 27.8. The van der Waals surface area contributed by atoms with Gasteiger partial charge in [-0.15, -0.1) is 0 Å². The van der Waals surface area contributed by atoms with Crippen molar-refractivity contribution in [3.63, 3.8) is 0 Å². The molecule has 1 unspecified atom stereocenters. The summed E-state index contributed by atoms with van der Waals surface area (Å²) >= 11 is 5.71. The third-order valence-electron chi connectivity index (χ3n) is 3.98. The summed E-state index contributed by atoms with van der Waals surface area (Å²) in [5.41, 5.74) is 0.607. The van der Waals surface area contributed by atoms with E-state index in [1.54, 1.807) is 17.9 Å². The Morgan fingerprint density at radius 1 is 1.46 bits per heavy atom. The molecule has 2 amide bonds. The molecule has 1 aliphatic heterocycles. The molecule has 0 aromatic heterocycles. The highest BCUT2D eigenvalue weighted by Crippen LogP contribution is 2.17. The van der Waals surface area contributed by atoms with Gasteiger partial charge < -0.3 is 14.9 Å². The molecular formula is C17H20ClFN2O3. The third-order valence-corrected chi connectivity index (χ3v) is 4.27. The lowest BCUT2D eigenvalue weighted by atomic mass is 10.1. The van der Waals surface area contributed by atoms with E-state index in [-0.39, 0.29) is 23.4 Å². The summed E-state index contributed by atoms with van der Waals surface area (Å²) in [6.45, 7) is 3.10. The van der Waals surface area contributed by atoms with E-state index in [1.807, 2.05) is 0 Å². The van der Waals surface area contributed by atoms with Gasteiger partial charge in [0.2, 0.25) is 11.8 Å². The van der Waals surface area contributed by atoms with Crippen molar-refractivity contribution in [1.82, 2.24) is 9.80 Å². The lowest BCUT2D eigenvalue weighted by molar-refractivity contribution is -0.148. The fourth-order valence-electron chi connectivity index (χ4n) is 2.59. The molecule has 0 aliphatic carbocycles. The van der Waals surface area contributed by atoms with Crippen LogP contribution in [0.15, 0.2) is 24.3 Å². The van der Waals surface area contributed by atoms with Crippen molar-refractivity contribution in [3.8, 4) is 0 Å². The zero-order valence-corrected chi connectivity index (χ0v) is 14.2. The first-order valence-electron chi connectivity index (χ1n) is 7.77. The molecule has 0 radical (unpaired) electrons. The highest BCUT2D eigenvalue weighted by Gasteiger charge is 2.32. The molecule has 1 aliphatic rings. The van der Waals surface area contributed by atoms with Crippen LogP contribution in [0, 0.1) is 5.82 Å². The van der Waals surface area contributed by atoms with Gasteiger partial charge in [-0.3, -0.25) is 9.59 Å². The second-order valence-electron chi connectivity index (χ2n) is 5.62. The first-order chi connectivity index (χ1) is 11.4. The molecule has 5 nitrogen and oxygen atoms in total. The quantitative estimate of drug-likeness (QED) is 0.822. The maximum Gasteiger partial charge on any atom is 0.247 e. The largest absolute Gasteiger partial charge is 0.396 e. The molecule has 2 rings (SSSR count). The predicted octanol–water partition coefficient (Wildman–Crippen LogP) is 1.93. The molecule has 1 heterocycles. The molecule has 1 saturated heterocycles. The fourth-order valence-corrected chi connectivity index (χ4v) is 2.78. The number of nitrogens with zero attached hydrogens (tertiary/aromatic N) is 2. The number of carbonyl (C=O) groups excluding carboxylic acids is 2. The first kappa shape index (κ1) is 18.4. The lowest BCUT2D eigenvalue weighted by Gasteiger charge is -2.38. The van der Waals surface area contributed by atoms with E-state index < -0.39 is 11.9 Å². The second-order valence-corrected chi connectivity index (χ2v) is 6.02. The van der Waals surface area contributed by atoms with Gasteiger partial charge in [0.1, 0.15) is 11.9 Å². The van der Waals surface area contributed by atoms with Gasteiger partial charge in [0.15, 0.2) is 0 Å². The molecule has 130 valence electrons. The summed E-state index contributed by atoms with van der Waals surface area (Å²) < 4.78 is 13.1. The molecule has 1 atom stereocenters. The molecule has 1 N–H and O–H groups in total. The van der Waals surface area contributed by atoms with E-state index in [1.165, 1.54) is 29.2 Å². The Morgan fingerprint density at radius 2 is 2.21 bits per heavy atom. The van der Waals surface area contributed by atoms with Crippen molar-refractivity contribution in [3.05, 3.63) is 40.7 Å². The summed E-state index contributed by atoms with van der Waals surface area (Å²) in [6.07, 6.45) is 3.43. The van der Waals surface area contributed by atoms with Gasteiger partial charge in [0.05, 0.1) is 5.02 Å². The number of halogens is 2. The van der Waals surface area contributed by atoms with Gasteiger partial charge in [-0.1, -0.05) is 17.7 Å². The van der Waals surface area contributed by atoms with Crippen molar-refractivity contribution in [1.29, 1.82) is 0 Å². The zero-order chi connectivity index (χ0) is 17.7. The Bertz CT molecular complexity index is 651. The van der Waals surface area contributed by atoms with Gasteiger partial charge in [0.25, 0.3) is 0 Å². The first-order valence-corrected chi connectivity index (χ1v) is 8.15. The van der Waals surface area contributed by atoms with Crippen LogP contribution >= 0.6 is 11.6 Å². The van der Waals surface area contributed by atoms with Crippen LogP contribution in [0.2, 0.25) is 5.02 Å². The van der Waals surface area contributed by atoms with E-state index in [0.29, 0.717) is 31.6 Å². The van der Waals surface area contributed by atoms with Crippen LogP contribution in [0.3, 0.4) is 0 Å². The summed E-state index contributed by atoms with van der Waals surface area (Å²) in [7, 11) is 0. The second kappa shape index (κ2) is 8.26. The Labute approximate surface area is 145 Å². The van der Waals surface area contributed by atoms with Crippen LogP contribution in [-0.4, -0.2) is 59.0 Å². The molecule has 1 aromatic rings. The summed E-state index contributed by atoms with van der Waals surface area (Å²) in [6, 6.07) is 3.64. The number of amides is 2. The van der Waals surface area contributed by atoms with Crippen molar-refractivity contribution >= 4 is 29.5 Å². The molecule has 0 saturated carbocycles. The maximum absolute atomic E-state index is 13.1. The van der Waals surface area contributed by atoms with Crippen LogP contribution in [0.1, 0.15) is 18.9 Å². The molecule has 0 spiro atoms. The van der Waals surface area contributed by atoms with E-state index in [9.17, 15) is 14.0 Å². The number of hydrogen-bond donors (Lipinski definition) is 1. The summed E-state index contributed by atoms with van der Waals surface area (Å²) in [5.74, 6) is -0.919. The van der Waals surface area contributed by atoms with Gasteiger partial charge in [-0.05, 0) is 37.1 Å². The van der Waals surface area contributed by atoms with Crippen LogP contribution in [-0.2, 0) is 9.59 Å². The molecule has 7 heteroatoms. The van der Waals surface area contributed by atoms with Gasteiger partial charge in [-0.2, -0.15) is 0 Å². The van der Waals surface area contributed by atoms with E-state index in [0.717, 1.165) is 0 Å². The smallest absolute Gasteiger partial charge is 0.247 e. The minimum atomic E-state index is -0.550. The topological polar surface area (TPSA) is 60.9 Å². The Hall–Kier alpha value is -1.92. The number of rotatable bonds is 5. The molecule has 1 fully saturated rings. The van der Waals surface area contributed by atoms with Crippen molar-refractivity contribution in [2.45, 2.75) is 19.4 Å². The normalized spacial score (nSPS) is 18.5. The van der Waals surface area contributed by atoms with E-state index >= 15 is 0 Å². The van der Waals surface area contributed by atoms with E-state index in [2.05, 4.69) is 0 Å². The Morgan fingerprint density at radius 3 is 2.88 bits per heavy atom. The Balaban J connectivity index is 2.01. The van der Waals surface area contributed by atoms with Crippen molar-refractivity contribution in [2.75, 3.05) is 26.2 Å². The highest BCUT2D eigenvalue weighted by atomic mass is 35.5. The Kier molecular flexibility index (Phi) is 6.34. The van der Waals surface area contributed by atoms with Crippen LogP contribution in [0.5, 0.6) is 0 Å². The fraction of sp³-hybridized carbons (Fsp3) is 0.412. The number of aliphatic hydroxyl groups is 1. The number of carbonyl (C=O) groups is 2. The maximum atomic E-state index is 13.1. The van der Waals surface area contributed by atoms with Gasteiger partial charge in [0, 0.05) is 32.3 Å². The monoisotopic (exact) mass is 354 g/mol. The van der Waals surface area contributed by atoms with Crippen molar-refractivity contribution < 1.29 is 19.1 Å². The SMILES string of the molecule is CC1C(=O)N(CCCO)CCN1C(=O)C=Cc1ccc(F)c(Cl)c1. The average molecular weight is 355 g/mol. The number of aliphatic hydroxyl groups excluding tert-OH is 1. The number of hydrogen-bond acceptors (Lipinski definition) is 3. The summed E-state index contributed by atoms with van der Waals surface area (Å²) in [5, 5.41) is 8.85. The highest BCUT2D eigenvalue weighted by molar-refractivity contribution is 6.30. The minimum absolute atomic E-state index is 0.00866. The zero-order valence-electron chi connectivity index (χ0n) is 13.4. The van der Waals surface area contributed by atoms with Crippen LogP contribution in [0.4, 0.5) is 4.39 Å². The van der Waals surface area contributed by atoms with Crippen LogP contribution < -0.4 is 0 Å². The van der Waals surface area contributed by atoms with Crippen LogP contribution in [0.25, 0.3) is 6.08 Å². The number of piperazine rings is 1. The van der Waals surface area contributed by atoms with Crippen molar-refractivity contribution in [2.24, 2.45) is 0 Å². The molecule has 24 heavy (non-hydrogen) atoms. The lowest BCUT2D eigenvalue weighted by Crippen LogP contribution is -2.57. The molecule has 1 aromatic carbocycles.